The molecule has 0 aliphatic rings. The molecular formula is C13H18N2O2. The Kier molecular flexibility index (Phi) is 3.89. The maximum Gasteiger partial charge on any atom is 0.249 e. The fraction of sp³-hybridized carbons (Fsp3) is 0.385. The van der Waals surface area contributed by atoms with Crippen LogP contribution in [0.3, 0.4) is 0 Å². The SMILES string of the molecule is CCc1cc(CC)c(C(N)=O)c(C)c1C(N)=O. The highest BCUT2D eigenvalue weighted by Crippen LogP contribution is 2.23. The second kappa shape index (κ2) is 4.99. The average Bonchev–Trinajstić information content (AvgIpc) is 2.26. The Hall–Kier alpha value is -1.84. The van der Waals surface area contributed by atoms with Crippen molar-refractivity contribution in [1.82, 2.24) is 0 Å². The smallest absolute Gasteiger partial charge is 0.249 e. The van der Waals surface area contributed by atoms with Crippen molar-refractivity contribution in [3.8, 4) is 0 Å². The number of hydrogen-bond acceptors (Lipinski definition) is 2. The Morgan fingerprint density at radius 2 is 1.35 bits per heavy atom. The number of carbonyl (C=O) groups is 2. The first-order valence-electron chi connectivity index (χ1n) is 5.68. The van der Waals surface area contributed by atoms with Gasteiger partial charge in [-0.15, -0.1) is 0 Å². The van der Waals surface area contributed by atoms with E-state index in [1.165, 1.54) is 0 Å². The molecule has 0 bridgehead atoms. The van der Waals surface area contributed by atoms with Crippen molar-refractivity contribution in [2.75, 3.05) is 0 Å². The monoisotopic (exact) mass is 234 g/mol. The number of rotatable bonds is 4. The predicted molar refractivity (Wildman–Crippen MR) is 67.0 cm³/mol. The van der Waals surface area contributed by atoms with Crippen LogP contribution in [0.1, 0.15) is 51.3 Å². The summed E-state index contributed by atoms with van der Waals surface area (Å²) in [4.78, 5) is 22.9. The van der Waals surface area contributed by atoms with E-state index in [0.717, 1.165) is 11.1 Å². The van der Waals surface area contributed by atoms with E-state index in [1.807, 2.05) is 19.9 Å². The maximum atomic E-state index is 11.4. The van der Waals surface area contributed by atoms with Gasteiger partial charge in [0.25, 0.3) is 0 Å². The largest absolute Gasteiger partial charge is 0.366 e. The highest BCUT2D eigenvalue weighted by molar-refractivity contribution is 6.02. The lowest BCUT2D eigenvalue weighted by Crippen LogP contribution is -2.22. The number of benzene rings is 1. The van der Waals surface area contributed by atoms with E-state index >= 15 is 0 Å². The summed E-state index contributed by atoms with van der Waals surface area (Å²) in [5.41, 5.74) is 13.9. The molecule has 92 valence electrons. The summed E-state index contributed by atoms with van der Waals surface area (Å²) in [5.74, 6) is -1.02. The second-order valence-corrected chi connectivity index (χ2v) is 4.01. The van der Waals surface area contributed by atoms with Gasteiger partial charge in [0.15, 0.2) is 0 Å². The predicted octanol–water partition coefficient (Wildman–Crippen LogP) is 1.32. The molecule has 1 rings (SSSR count). The van der Waals surface area contributed by atoms with Crippen LogP contribution in [-0.4, -0.2) is 11.8 Å². The van der Waals surface area contributed by atoms with Gasteiger partial charge in [-0.05, 0) is 36.5 Å². The zero-order chi connectivity index (χ0) is 13.2. The van der Waals surface area contributed by atoms with Crippen molar-refractivity contribution in [2.24, 2.45) is 11.5 Å². The summed E-state index contributed by atoms with van der Waals surface area (Å²) in [6.45, 7) is 5.62. The molecule has 0 aromatic heterocycles. The lowest BCUT2D eigenvalue weighted by atomic mass is 9.89. The van der Waals surface area contributed by atoms with Crippen molar-refractivity contribution < 1.29 is 9.59 Å². The van der Waals surface area contributed by atoms with Crippen LogP contribution in [-0.2, 0) is 12.8 Å². The molecule has 1 aromatic rings. The van der Waals surface area contributed by atoms with Gasteiger partial charge in [0.1, 0.15) is 0 Å². The minimum absolute atomic E-state index is 0.429. The number of primary amides is 2. The van der Waals surface area contributed by atoms with Crippen LogP contribution >= 0.6 is 0 Å². The standard InChI is InChI=1S/C13H18N2O2/c1-4-8-6-9(5-2)11(13(15)17)7(3)10(8)12(14)16/h6H,4-5H2,1-3H3,(H2,14,16)(H2,15,17). The molecule has 0 unspecified atom stereocenters. The van der Waals surface area contributed by atoms with E-state index in [1.54, 1.807) is 6.92 Å². The van der Waals surface area contributed by atoms with Crippen LogP contribution < -0.4 is 11.5 Å². The first kappa shape index (κ1) is 13.2. The average molecular weight is 234 g/mol. The van der Waals surface area contributed by atoms with E-state index in [-0.39, 0.29) is 0 Å². The van der Waals surface area contributed by atoms with Crippen LogP contribution in [0, 0.1) is 6.92 Å². The number of hydrogen-bond donors (Lipinski definition) is 2. The molecule has 0 radical (unpaired) electrons. The van der Waals surface area contributed by atoms with E-state index in [4.69, 9.17) is 11.5 Å². The van der Waals surface area contributed by atoms with Crippen LogP contribution in [0.15, 0.2) is 6.07 Å². The molecule has 17 heavy (non-hydrogen) atoms. The van der Waals surface area contributed by atoms with Gasteiger partial charge in [0, 0.05) is 11.1 Å². The molecule has 0 saturated heterocycles. The molecule has 4 nitrogen and oxygen atoms in total. The maximum absolute atomic E-state index is 11.4. The van der Waals surface area contributed by atoms with Crippen molar-refractivity contribution in [2.45, 2.75) is 33.6 Å². The number of aryl methyl sites for hydroxylation is 2. The van der Waals surface area contributed by atoms with Gasteiger partial charge >= 0.3 is 0 Å². The molecule has 0 aliphatic carbocycles. The lowest BCUT2D eigenvalue weighted by Gasteiger charge is -2.15. The third-order valence-corrected chi connectivity index (χ3v) is 3.00. The zero-order valence-electron chi connectivity index (χ0n) is 10.5. The van der Waals surface area contributed by atoms with E-state index < -0.39 is 11.8 Å². The third-order valence-electron chi connectivity index (χ3n) is 3.00. The van der Waals surface area contributed by atoms with Gasteiger partial charge in [-0.3, -0.25) is 9.59 Å². The van der Waals surface area contributed by atoms with Crippen LogP contribution in [0.4, 0.5) is 0 Å². The molecular weight excluding hydrogens is 216 g/mol. The van der Waals surface area contributed by atoms with Crippen LogP contribution in [0.5, 0.6) is 0 Å². The molecule has 0 fully saturated rings. The van der Waals surface area contributed by atoms with Gasteiger partial charge in [0.2, 0.25) is 11.8 Å². The van der Waals surface area contributed by atoms with Gasteiger partial charge in [-0.2, -0.15) is 0 Å². The fourth-order valence-electron chi connectivity index (χ4n) is 2.21. The molecule has 4 heteroatoms. The third kappa shape index (κ3) is 2.30. The van der Waals surface area contributed by atoms with E-state index in [9.17, 15) is 9.59 Å². The first-order chi connectivity index (χ1) is 7.93. The minimum atomic E-state index is -0.510. The molecule has 2 amide bonds. The number of nitrogens with two attached hydrogens (primary N) is 2. The van der Waals surface area contributed by atoms with Crippen LogP contribution in [0.2, 0.25) is 0 Å². The van der Waals surface area contributed by atoms with Crippen molar-refractivity contribution in [1.29, 1.82) is 0 Å². The molecule has 0 aliphatic heterocycles. The molecule has 0 heterocycles. The highest BCUT2D eigenvalue weighted by Gasteiger charge is 2.19. The van der Waals surface area contributed by atoms with Gasteiger partial charge in [-0.1, -0.05) is 19.9 Å². The van der Waals surface area contributed by atoms with Crippen molar-refractivity contribution >= 4 is 11.8 Å². The molecule has 1 aromatic carbocycles. The molecule has 0 atom stereocenters. The topological polar surface area (TPSA) is 86.2 Å². The van der Waals surface area contributed by atoms with Crippen LogP contribution in [0.25, 0.3) is 0 Å². The summed E-state index contributed by atoms with van der Waals surface area (Å²) >= 11 is 0. The summed E-state index contributed by atoms with van der Waals surface area (Å²) < 4.78 is 0. The quantitative estimate of drug-likeness (QED) is 0.823. The minimum Gasteiger partial charge on any atom is -0.366 e. The van der Waals surface area contributed by atoms with Crippen molar-refractivity contribution in [3.05, 3.63) is 33.9 Å². The summed E-state index contributed by atoms with van der Waals surface area (Å²) in [6, 6.07) is 1.85. The summed E-state index contributed by atoms with van der Waals surface area (Å²) in [6.07, 6.45) is 1.40. The number of amides is 2. The molecule has 4 N–H and O–H groups in total. The molecule has 0 saturated carbocycles. The normalized spacial score (nSPS) is 10.3. The number of carbonyl (C=O) groups excluding carboxylic acids is 2. The van der Waals surface area contributed by atoms with Gasteiger partial charge in [-0.25, -0.2) is 0 Å². The second-order valence-electron chi connectivity index (χ2n) is 4.01. The Labute approximate surface area is 101 Å². The first-order valence-corrected chi connectivity index (χ1v) is 5.68. The molecule has 0 spiro atoms. The van der Waals surface area contributed by atoms with Gasteiger partial charge < -0.3 is 11.5 Å². The van der Waals surface area contributed by atoms with E-state index in [2.05, 4.69) is 0 Å². The van der Waals surface area contributed by atoms with Crippen molar-refractivity contribution in [3.63, 3.8) is 0 Å². The summed E-state index contributed by atoms with van der Waals surface area (Å²) in [7, 11) is 0. The zero-order valence-corrected chi connectivity index (χ0v) is 10.5. The Morgan fingerprint density at radius 3 is 1.59 bits per heavy atom. The van der Waals surface area contributed by atoms with E-state index in [0.29, 0.717) is 29.5 Å². The highest BCUT2D eigenvalue weighted by atomic mass is 16.1. The fourth-order valence-corrected chi connectivity index (χ4v) is 2.21. The lowest BCUT2D eigenvalue weighted by molar-refractivity contribution is 0.0998. The Balaban J connectivity index is 3.67. The Morgan fingerprint density at radius 1 is 1.00 bits per heavy atom. The Bertz CT molecular complexity index is 439. The van der Waals surface area contributed by atoms with Gasteiger partial charge in [0.05, 0.1) is 0 Å². The summed E-state index contributed by atoms with van der Waals surface area (Å²) in [5, 5.41) is 0.